The fourth-order valence-corrected chi connectivity index (χ4v) is 1.78. The van der Waals surface area contributed by atoms with E-state index in [1.165, 1.54) is 0 Å². The number of hydrogen-bond acceptors (Lipinski definition) is 4. The fourth-order valence-electron chi connectivity index (χ4n) is 1.78. The average molecular weight is 234 g/mol. The van der Waals surface area contributed by atoms with Gasteiger partial charge in [-0.1, -0.05) is 0 Å². The third kappa shape index (κ3) is 2.38. The lowest BCUT2D eigenvalue weighted by Crippen LogP contribution is -2.30. The van der Waals surface area contributed by atoms with Crippen LogP contribution in [0.25, 0.3) is 0 Å². The number of carbonyl (C=O) groups excluding carboxylic acids is 2. The molecule has 0 saturated carbocycles. The van der Waals surface area contributed by atoms with E-state index in [-0.39, 0.29) is 18.2 Å². The number of benzene rings is 1. The molecule has 0 bridgehead atoms. The van der Waals surface area contributed by atoms with Crippen molar-refractivity contribution in [1.29, 1.82) is 0 Å². The van der Waals surface area contributed by atoms with E-state index >= 15 is 0 Å². The minimum atomic E-state index is -0.477. The first-order valence-corrected chi connectivity index (χ1v) is 5.35. The van der Waals surface area contributed by atoms with Crippen molar-refractivity contribution in [1.82, 2.24) is 5.32 Å². The Balaban J connectivity index is 2.14. The quantitative estimate of drug-likeness (QED) is 0.760. The molecule has 0 aliphatic carbocycles. The molecule has 2 N–H and O–H groups in total. The highest BCUT2D eigenvalue weighted by molar-refractivity contribution is 6.06. The molecule has 1 aliphatic rings. The first-order chi connectivity index (χ1) is 8.10. The van der Waals surface area contributed by atoms with Crippen LogP contribution in [-0.2, 0) is 9.59 Å². The lowest BCUT2D eigenvalue weighted by molar-refractivity contribution is -0.124. The number of anilines is 1. The predicted molar refractivity (Wildman–Crippen MR) is 62.9 cm³/mol. The highest BCUT2D eigenvalue weighted by atomic mass is 16.5. The average Bonchev–Trinajstić information content (AvgIpc) is 2.60. The van der Waals surface area contributed by atoms with Crippen LogP contribution in [0.2, 0.25) is 0 Å². The zero-order valence-electron chi connectivity index (χ0n) is 9.74. The third-order valence-corrected chi connectivity index (χ3v) is 2.73. The van der Waals surface area contributed by atoms with Gasteiger partial charge < -0.3 is 10.1 Å². The molecule has 1 fully saturated rings. The number of imide groups is 1. The smallest absolute Gasteiger partial charge is 0.249 e. The molecule has 2 rings (SSSR count). The molecule has 0 radical (unpaired) electrons. The second kappa shape index (κ2) is 4.45. The van der Waals surface area contributed by atoms with Crippen molar-refractivity contribution in [2.24, 2.45) is 0 Å². The molecular weight excluding hydrogens is 220 g/mol. The number of hydrogen-bond donors (Lipinski definition) is 2. The summed E-state index contributed by atoms with van der Waals surface area (Å²) in [4.78, 5) is 22.5. The Morgan fingerprint density at radius 2 is 2.18 bits per heavy atom. The Hall–Kier alpha value is -2.04. The summed E-state index contributed by atoms with van der Waals surface area (Å²) < 4.78 is 5.10. The molecular formula is C12H14N2O3. The number of methoxy groups -OCH3 is 1. The van der Waals surface area contributed by atoms with Gasteiger partial charge in [-0.3, -0.25) is 14.9 Å². The van der Waals surface area contributed by atoms with Crippen molar-refractivity contribution < 1.29 is 14.3 Å². The lowest BCUT2D eigenvalue weighted by atomic mass is 10.1. The first-order valence-electron chi connectivity index (χ1n) is 5.35. The van der Waals surface area contributed by atoms with Crippen molar-refractivity contribution >= 4 is 17.5 Å². The Bertz CT molecular complexity index is 471. The number of rotatable bonds is 3. The molecule has 1 heterocycles. The van der Waals surface area contributed by atoms with Crippen LogP contribution >= 0.6 is 0 Å². The number of nitrogens with one attached hydrogen (secondary N) is 2. The van der Waals surface area contributed by atoms with E-state index in [0.717, 1.165) is 17.0 Å². The van der Waals surface area contributed by atoms with E-state index in [0.29, 0.717) is 0 Å². The van der Waals surface area contributed by atoms with Crippen LogP contribution in [0.4, 0.5) is 5.69 Å². The summed E-state index contributed by atoms with van der Waals surface area (Å²) >= 11 is 0. The molecule has 1 unspecified atom stereocenters. The maximum atomic E-state index is 11.4. The van der Waals surface area contributed by atoms with Crippen molar-refractivity contribution in [2.45, 2.75) is 19.4 Å². The van der Waals surface area contributed by atoms with Crippen molar-refractivity contribution in [3.8, 4) is 5.75 Å². The topological polar surface area (TPSA) is 67.4 Å². The molecule has 1 saturated heterocycles. The molecule has 1 aromatic rings. The van der Waals surface area contributed by atoms with Gasteiger partial charge in [-0.05, 0) is 30.7 Å². The second-order valence-electron chi connectivity index (χ2n) is 3.99. The lowest BCUT2D eigenvalue weighted by Gasteiger charge is -2.14. The van der Waals surface area contributed by atoms with E-state index < -0.39 is 6.04 Å². The van der Waals surface area contributed by atoms with Crippen LogP contribution in [0.5, 0.6) is 5.75 Å². The molecule has 2 amide bonds. The Morgan fingerprint density at radius 1 is 1.41 bits per heavy atom. The van der Waals surface area contributed by atoms with Crippen LogP contribution in [0.3, 0.4) is 0 Å². The molecule has 5 heteroatoms. The Kier molecular flexibility index (Phi) is 2.99. The minimum absolute atomic E-state index is 0.185. The van der Waals surface area contributed by atoms with Crippen LogP contribution in [0.1, 0.15) is 12.0 Å². The summed E-state index contributed by atoms with van der Waals surface area (Å²) in [7, 11) is 1.60. The van der Waals surface area contributed by atoms with Crippen LogP contribution in [0, 0.1) is 6.92 Å². The monoisotopic (exact) mass is 234 g/mol. The Morgan fingerprint density at radius 3 is 2.71 bits per heavy atom. The fraction of sp³-hybridized carbons (Fsp3) is 0.333. The molecule has 1 aliphatic heterocycles. The van der Waals surface area contributed by atoms with Crippen molar-refractivity contribution in [3.05, 3.63) is 23.8 Å². The van der Waals surface area contributed by atoms with Gasteiger partial charge >= 0.3 is 0 Å². The van der Waals surface area contributed by atoms with Gasteiger partial charge in [0.1, 0.15) is 11.8 Å². The van der Waals surface area contributed by atoms with E-state index in [1.54, 1.807) is 7.11 Å². The molecule has 1 atom stereocenters. The van der Waals surface area contributed by atoms with Crippen LogP contribution < -0.4 is 15.4 Å². The van der Waals surface area contributed by atoms with E-state index in [4.69, 9.17) is 4.74 Å². The van der Waals surface area contributed by atoms with Crippen molar-refractivity contribution in [3.63, 3.8) is 0 Å². The Labute approximate surface area is 99.2 Å². The second-order valence-corrected chi connectivity index (χ2v) is 3.99. The van der Waals surface area contributed by atoms with Gasteiger partial charge in [0.25, 0.3) is 0 Å². The van der Waals surface area contributed by atoms with Gasteiger partial charge in [-0.2, -0.15) is 0 Å². The highest BCUT2D eigenvalue weighted by Crippen LogP contribution is 2.22. The summed E-state index contributed by atoms with van der Waals surface area (Å²) in [6, 6.07) is 5.04. The van der Waals surface area contributed by atoms with Gasteiger partial charge in [-0.25, -0.2) is 0 Å². The predicted octanol–water partition coefficient (Wildman–Crippen LogP) is 0.831. The number of aryl methyl sites for hydroxylation is 1. The van der Waals surface area contributed by atoms with E-state index in [1.807, 2.05) is 25.1 Å². The maximum Gasteiger partial charge on any atom is 0.249 e. The maximum absolute atomic E-state index is 11.4. The highest BCUT2D eigenvalue weighted by Gasteiger charge is 2.30. The summed E-state index contributed by atoms with van der Waals surface area (Å²) in [5.41, 5.74) is 1.80. The van der Waals surface area contributed by atoms with Gasteiger partial charge in [0.2, 0.25) is 11.8 Å². The SMILES string of the molecule is COc1ccc(NC2CC(=O)NC2=O)c(C)c1. The standard InChI is InChI=1S/C12H14N2O3/c1-7-5-8(17-2)3-4-9(7)13-10-6-11(15)14-12(10)16/h3-5,10,13H,6H2,1-2H3,(H,14,15,16). The summed E-state index contributed by atoms with van der Waals surface area (Å²) in [6.45, 7) is 1.92. The van der Waals surface area contributed by atoms with Gasteiger partial charge in [-0.15, -0.1) is 0 Å². The first kappa shape index (κ1) is 11.4. The summed E-state index contributed by atoms with van der Waals surface area (Å²) in [5, 5.41) is 5.32. The minimum Gasteiger partial charge on any atom is -0.497 e. The molecule has 1 aromatic carbocycles. The largest absolute Gasteiger partial charge is 0.497 e. The molecule has 5 nitrogen and oxygen atoms in total. The van der Waals surface area contributed by atoms with Crippen molar-refractivity contribution in [2.75, 3.05) is 12.4 Å². The third-order valence-electron chi connectivity index (χ3n) is 2.73. The van der Waals surface area contributed by atoms with E-state index in [2.05, 4.69) is 10.6 Å². The summed E-state index contributed by atoms with van der Waals surface area (Å²) in [5.74, 6) is 0.254. The molecule has 90 valence electrons. The van der Waals surface area contributed by atoms with E-state index in [9.17, 15) is 9.59 Å². The van der Waals surface area contributed by atoms with Gasteiger partial charge in [0.05, 0.1) is 13.5 Å². The number of carbonyl (C=O) groups is 2. The molecule has 17 heavy (non-hydrogen) atoms. The van der Waals surface area contributed by atoms with Gasteiger partial charge in [0.15, 0.2) is 0 Å². The van der Waals surface area contributed by atoms with Crippen LogP contribution in [-0.4, -0.2) is 25.0 Å². The normalized spacial score (nSPS) is 19.1. The van der Waals surface area contributed by atoms with Gasteiger partial charge in [0, 0.05) is 5.69 Å². The molecule has 0 aromatic heterocycles. The zero-order chi connectivity index (χ0) is 12.4. The summed E-state index contributed by atoms with van der Waals surface area (Å²) in [6.07, 6.45) is 0.185. The molecule has 0 spiro atoms. The zero-order valence-corrected chi connectivity index (χ0v) is 9.74. The number of ether oxygens (including phenoxy) is 1. The van der Waals surface area contributed by atoms with Crippen LogP contribution in [0.15, 0.2) is 18.2 Å². The number of amides is 2.